The highest BCUT2D eigenvalue weighted by molar-refractivity contribution is 6.42. The summed E-state index contributed by atoms with van der Waals surface area (Å²) in [5, 5.41) is 0.938. The second kappa shape index (κ2) is 15.2. The summed E-state index contributed by atoms with van der Waals surface area (Å²) in [7, 11) is 1.72. The number of anilines is 1. The number of esters is 1. The van der Waals surface area contributed by atoms with E-state index in [1.54, 1.807) is 69.1 Å². The van der Waals surface area contributed by atoms with Gasteiger partial charge in [0.25, 0.3) is 5.91 Å². The van der Waals surface area contributed by atoms with E-state index in [9.17, 15) is 14.4 Å². The summed E-state index contributed by atoms with van der Waals surface area (Å²) in [6, 6.07) is 15.4. The summed E-state index contributed by atoms with van der Waals surface area (Å²) in [5.74, 6) is 1.56. The van der Waals surface area contributed by atoms with E-state index < -0.39 is 29.8 Å². The van der Waals surface area contributed by atoms with Crippen LogP contribution in [0.3, 0.4) is 0 Å². The Balaban J connectivity index is 1.22. The Bertz CT molecular complexity index is 1820. The maximum absolute atomic E-state index is 14.0. The molecule has 6 rings (SSSR count). The molecule has 0 N–H and O–H groups in total. The Kier molecular flexibility index (Phi) is 11.0. The molecule has 5 atom stereocenters. The largest absolute Gasteiger partial charge is 0.489 e. The third kappa shape index (κ3) is 8.31. The number of halogens is 2. The topological polar surface area (TPSA) is 94.6 Å². The number of rotatable bonds is 7. The lowest BCUT2D eigenvalue weighted by Gasteiger charge is -2.41. The number of hydrogen-bond donors (Lipinski definition) is 0. The molecule has 1 unspecified atom stereocenters. The lowest BCUT2D eigenvalue weighted by atomic mass is 9.75. The average Bonchev–Trinajstić information content (AvgIpc) is 3.08. The zero-order chi connectivity index (χ0) is 37.5. The highest BCUT2D eigenvalue weighted by atomic mass is 35.5. The quantitative estimate of drug-likeness (QED) is 0.222. The van der Waals surface area contributed by atoms with Crippen molar-refractivity contribution in [2.24, 2.45) is 17.8 Å². The van der Waals surface area contributed by atoms with Crippen LogP contribution in [0.4, 0.5) is 10.5 Å². The van der Waals surface area contributed by atoms with Crippen LogP contribution < -0.4 is 14.4 Å². The normalized spacial score (nSPS) is 23.0. The highest BCUT2D eigenvalue weighted by Crippen LogP contribution is 2.43. The molecule has 0 bridgehead atoms. The Labute approximate surface area is 316 Å². The van der Waals surface area contributed by atoms with Gasteiger partial charge in [-0.05, 0) is 104 Å². The molecule has 278 valence electrons. The number of nitrogens with zero attached hydrogens (tertiary/aromatic N) is 2. The predicted octanol–water partition coefficient (Wildman–Crippen LogP) is 9.33. The van der Waals surface area contributed by atoms with Gasteiger partial charge in [-0.25, -0.2) is 9.59 Å². The van der Waals surface area contributed by atoms with Crippen LogP contribution in [0.15, 0.2) is 54.6 Å². The summed E-state index contributed by atoms with van der Waals surface area (Å²) in [5.41, 5.74) is 3.04. The first-order valence-corrected chi connectivity index (χ1v) is 18.8. The molecule has 0 aromatic heterocycles. The smallest absolute Gasteiger partial charge is 0.411 e. The van der Waals surface area contributed by atoms with Gasteiger partial charge < -0.3 is 23.8 Å². The van der Waals surface area contributed by atoms with Gasteiger partial charge in [0.2, 0.25) is 6.10 Å². The molecular formula is C41H48Cl2N2O7. The molecule has 1 aliphatic carbocycles. The Morgan fingerprint density at radius 3 is 2.38 bits per heavy atom. The number of amides is 2. The molecule has 11 heteroatoms. The van der Waals surface area contributed by atoms with E-state index in [0.717, 1.165) is 36.0 Å². The number of likely N-dealkylation sites (N-methyl/N-ethyl adjacent to an activating group) is 1. The third-order valence-corrected chi connectivity index (χ3v) is 11.0. The minimum absolute atomic E-state index is 0.128. The van der Waals surface area contributed by atoms with Crippen LogP contribution in [-0.2, 0) is 38.6 Å². The van der Waals surface area contributed by atoms with Gasteiger partial charge in [0, 0.05) is 19.0 Å². The van der Waals surface area contributed by atoms with Crippen molar-refractivity contribution in [3.05, 3.63) is 86.9 Å². The second-order valence-electron chi connectivity index (χ2n) is 15.7. The summed E-state index contributed by atoms with van der Waals surface area (Å²) in [6.45, 7) is 12.4. The monoisotopic (exact) mass is 750 g/mol. The Hall–Kier alpha value is -3.95. The zero-order valence-electron chi connectivity index (χ0n) is 30.9. The highest BCUT2D eigenvalue weighted by Gasteiger charge is 2.43. The molecule has 2 amide bonds. The number of ether oxygens (including phenoxy) is 4. The van der Waals surface area contributed by atoms with E-state index in [1.165, 1.54) is 4.90 Å². The van der Waals surface area contributed by atoms with Gasteiger partial charge in [-0.3, -0.25) is 9.69 Å². The van der Waals surface area contributed by atoms with Gasteiger partial charge in [0.15, 0.2) is 0 Å². The van der Waals surface area contributed by atoms with Crippen LogP contribution in [0, 0.1) is 17.8 Å². The molecule has 1 saturated carbocycles. The van der Waals surface area contributed by atoms with Gasteiger partial charge in [0.1, 0.15) is 35.9 Å². The van der Waals surface area contributed by atoms with E-state index in [4.69, 9.17) is 42.1 Å². The van der Waals surface area contributed by atoms with Crippen molar-refractivity contribution < 1.29 is 33.3 Å². The maximum atomic E-state index is 14.0. The summed E-state index contributed by atoms with van der Waals surface area (Å²) < 4.78 is 24.4. The standard InChI is InChI=1S/C41H48Cl2N2O7/c1-23(2)30-14-8-24(3)16-35(30)51-39(47)34-19-27-18-33-36(20-28(27)21-45(34)40(48)52-41(4,5)6)50-37(38(46)44(33)7)26-10-12-29(13-11-26)49-22-25-9-15-31(42)32(43)17-25/h9-13,15,17-18,20,23-24,30,34-35,37H,8,14,16,19,21-22H2,1-7H3/t24-,30+,34?,35-,37+/m1/s1. The Morgan fingerprint density at radius 2 is 1.71 bits per heavy atom. The van der Waals surface area contributed by atoms with Crippen molar-refractivity contribution in [3.8, 4) is 11.5 Å². The van der Waals surface area contributed by atoms with Crippen LogP contribution >= 0.6 is 23.2 Å². The third-order valence-electron chi connectivity index (χ3n) is 10.3. The first kappa shape index (κ1) is 37.8. The van der Waals surface area contributed by atoms with Crippen molar-refractivity contribution >= 4 is 46.9 Å². The molecule has 0 saturated heterocycles. The first-order valence-electron chi connectivity index (χ1n) is 18.0. The SMILES string of the molecule is CC(C)[C@@H]1CC[C@@H](C)C[C@H]1OC(=O)C1Cc2cc3c(cc2CN1C(=O)OC(C)(C)C)O[C@@H](c1ccc(OCc2ccc(Cl)c(Cl)c2)cc1)C(=O)N3C. The lowest BCUT2D eigenvalue weighted by Crippen LogP contribution is -2.52. The summed E-state index contributed by atoms with van der Waals surface area (Å²) in [6.07, 6.45) is 1.47. The molecule has 9 nitrogen and oxygen atoms in total. The molecular weight excluding hydrogens is 703 g/mol. The molecule has 1 fully saturated rings. The number of fused-ring (bicyclic) bond motifs is 2. The predicted molar refractivity (Wildman–Crippen MR) is 201 cm³/mol. The molecule has 3 aromatic rings. The van der Waals surface area contributed by atoms with Crippen molar-refractivity contribution in [2.75, 3.05) is 11.9 Å². The van der Waals surface area contributed by atoms with Crippen molar-refractivity contribution in [3.63, 3.8) is 0 Å². The van der Waals surface area contributed by atoms with E-state index in [2.05, 4.69) is 20.8 Å². The molecule has 3 aliphatic rings. The van der Waals surface area contributed by atoms with Crippen LogP contribution in [0.25, 0.3) is 0 Å². The minimum atomic E-state index is -0.889. The lowest BCUT2D eigenvalue weighted by molar-refractivity contribution is -0.162. The summed E-state index contributed by atoms with van der Waals surface area (Å²) >= 11 is 12.2. The number of carbonyl (C=O) groups excluding carboxylic acids is 3. The van der Waals surface area contributed by atoms with Gasteiger partial charge in [-0.1, -0.05) is 68.6 Å². The Morgan fingerprint density at radius 1 is 0.981 bits per heavy atom. The van der Waals surface area contributed by atoms with Gasteiger partial charge in [0.05, 0.1) is 22.3 Å². The fourth-order valence-corrected chi connectivity index (χ4v) is 7.70. The first-order chi connectivity index (χ1) is 24.6. The van der Waals surface area contributed by atoms with Crippen molar-refractivity contribution in [1.29, 1.82) is 0 Å². The van der Waals surface area contributed by atoms with Crippen LogP contribution in [0.2, 0.25) is 10.0 Å². The van der Waals surface area contributed by atoms with Gasteiger partial charge >= 0.3 is 12.1 Å². The number of benzene rings is 3. The van der Waals surface area contributed by atoms with Gasteiger partial charge in [-0.15, -0.1) is 0 Å². The fourth-order valence-electron chi connectivity index (χ4n) is 7.38. The molecule has 0 radical (unpaired) electrons. The van der Waals surface area contributed by atoms with Crippen molar-refractivity contribution in [1.82, 2.24) is 4.90 Å². The molecule has 2 aliphatic heterocycles. The van der Waals surface area contributed by atoms with Crippen LogP contribution in [0.5, 0.6) is 11.5 Å². The number of carbonyl (C=O) groups is 3. The van der Waals surface area contributed by atoms with E-state index >= 15 is 0 Å². The van der Waals surface area contributed by atoms with Crippen LogP contribution in [0.1, 0.15) is 89.2 Å². The fraction of sp³-hybridized carbons (Fsp3) is 0.488. The van der Waals surface area contributed by atoms with Crippen molar-refractivity contribution in [2.45, 2.75) is 104 Å². The zero-order valence-corrected chi connectivity index (χ0v) is 32.4. The second-order valence-corrected chi connectivity index (χ2v) is 16.5. The molecule has 3 aromatic carbocycles. The molecule has 52 heavy (non-hydrogen) atoms. The van der Waals surface area contributed by atoms with E-state index in [0.29, 0.717) is 51.2 Å². The summed E-state index contributed by atoms with van der Waals surface area (Å²) in [4.78, 5) is 44.4. The number of hydrogen-bond acceptors (Lipinski definition) is 7. The van der Waals surface area contributed by atoms with Gasteiger partial charge in [-0.2, -0.15) is 0 Å². The average molecular weight is 752 g/mol. The molecule has 0 spiro atoms. The van der Waals surface area contributed by atoms with E-state index in [-0.39, 0.29) is 30.9 Å². The van der Waals surface area contributed by atoms with E-state index in [1.807, 2.05) is 18.2 Å². The molecule has 2 heterocycles. The van der Waals surface area contributed by atoms with Crippen LogP contribution in [-0.4, -0.2) is 47.7 Å². The minimum Gasteiger partial charge on any atom is -0.489 e. The maximum Gasteiger partial charge on any atom is 0.411 e.